The number of aromatic nitrogens is 2. The molecule has 0 aliphatic rings. The van der Waals surface area contributed by atoms with Gasteiger partial charge >= 0.3 is 0 Å². The number of hydrogen-bond donors (Lipinski definition) is 1. The molecule has 4 nitrogen and oxygen atoms in total. The van der Waals surface area contributed by atoms with Gasteiger partial charge in [0.1, 0.15) is 11.6 Å². The van der Waals surface area contributed by atoms with Crippen LogP contribution in [0.2, 0.25) is 0 Å². The fraction of sp³-hybridized carbons (Fsp3) is 0.733. The Hall–Kier alpha value is -0.430. The molecule has 1 rings (SSSR count). The Kier molecular flexibility index (Phi) is 7.72. The molecule has 0 saturated heterocycles. The summed E-state index contributed by atoms with van der Waals surface area (Å²) in [6, 6.07) is 0. The monoisotopic (exact) mass is 391 g/mol. The molecule has 20 heavy (non-hydrogen) atoms. The summed E-state index contributed by atoms with van der Waals surface area (Å²) in [5, 5.41) is 3.41. The van der Waals surface area contributed by atoms with Crippen LogP contribution in [-0.4, -0.2) is 30.2 Å². The van der Waals surface area contributed by atoms with Crippen molar-refractivity contribution in [1.29, 1.82) is 0 Å². The largest absolute Gasteiger partial charge is 0.384 e. The van der Waals surface area contributed by atoms with Crippen molar-refractivity contribution < 1.29 is 4.74 Å². The number of halogens is 1. The van der Waals surface area contributed by atoms with Gasteiger partial charge in [-0.1, -0.05) is 27.7 Å². The summed E-state index contributed by atoms with van der Waals surface area (Å²) in [5.74, 6) is 2.64. The maximum Gasteiger partial charge on any atom is 0.143 e. The van der Waals surface area contributed by atoms with Crippen molar-refractivity contribution in [3.05, 3.63) is 15.1 Å². The van der Waals surface area contributed by atoms with E-state index in [1.165, 1.54) is 0 Å². The molecule has 1 heterocycles. The summed E-state index contributed by atoms with van der Waals surface area (Å²) >= 11 is 2.36. The highest BCUT2D eigenvalue weighted by atomic mass is 127. The summed E-state index contributed by atoms with van der Waals surface area (Å²) in [6.07, 6.45) is 2.07. The van der Waals surface area contributed by atoms with E-state index < -0.39 is 0 Å². The minimum Gasteiger partial charge on any atom is -0.384 e. The van der Waals surface area contributed by atoms with Gasteiger partial charge in [0.05, 0.1) is 15.9 Å². The fourth-order valence-electron chi connectivity index (χ4n) is 1.94. The van der Waals surface area contributed by atoms with Crippen LogP contribution >= 0.6 is 22.6 Å². The highest BCUT2D eigenvalue weighted by Gasteiger charge is 2.16. The summed E-state index contributed by atoms with van der Waals surface area (Å²) in [4.78, 5) is 9.45. The van der Waals surface area contributed by atoms with Crippen LogP contribution in [0.1, 0.15) is 51.6 Å². The molecule has 5 heteroatoms. The zero-order chi connectivity index (χ0) is 15.1. The molecule has 0 aliphatic heterocycles. The summed E-state index contributed by atoms with van der Waals surface area (Å²) in [6.45, 7) is 10.3. The maximum absolute atomic E-state index is 5.23. The maximum atomic E-state index is 5.23. The Balaban J connectivity index is 3.11. The lowest BCUT2D eigenvalue weighted by atomic mass is 10.1. The van der Waals surface area contributed by atoms with Gasteiger partial charge in [-0.3, -0.25) is 0 Å². The first-order valence-corrected chi connectivity index (χ1v) is 8.36. The molecule has 1 atom stereocenters. The quantitative estimate of drug-likeness (QED) is 0.684. The number of hydrogen-bond acceptors (Lipinski definition) is 4. The third-order valence-corrected chi connectivity index (χ3v) is 4.07. The molecule has 0 bridgehead atoms. The van der Waals surface area contributed by atoms with E-state index in [4.69, 9.17) is 9.72 Å². The fourth-order valence-corrected chi connectivity index (χ4v) is 2.59. The van der Waals surface area contributed by atoms with Crippen LogP contribution in [-0.2, 0) is 11.2 Å². The van der Waals surface area contributed by atoms with Gasteiger partial charge < -0.3 is 10.1 Å². The lowest BCUT2D eigenvalue weighted by Crippen LogP contribution is -2.15. The van der Waals surface area contributed by atoms with Gasteiger partial charge in [-0.05, 0) is 41.4 Å². The van der Waals surface area contributed by atoms with E-state index >= 15 is 0 Å². The zero-order valence-corrected chi connectivity index (χ0v) is 15.3. The summed E-state index contributed by atoms with van der Waals surface area (Å²) in [5.41, 5.74) is 1.15. The van der Waals surface area contributed by atoms with E-state index in [0.29, 0.717) is 12.5 Å². The standard InChI is InChI=1S/C15H26IN3O/c1-6-7-17-15-13(16)12(8-10(2)3)18-14(19-15)11(4)9-20-5/h10-11H,6-9H2,1-5H3,(H,17,18,19). The van der Waals surface area contributed by atoms with Gasteiger partial charge in [0.15, 0.2) is 0 Å². The number of nitrogens with zero attached hydrogens (tertiary/aromatic N) is 2. The molecular formula is C15H26IN3O. The van der Waals surface area contributed by atoms with Gasteiger partial charge in [0, 0.05) is 19.6 Å². The average Bonchev–Trinajstić information content (AvgIpc) is 2.39. The number of nitrogens with one attached hydrogen (secondary N) is 1. The molecule has 0 fully saturated rings. The Labute approximate surface area is 136 Å². The van der Waals surface area contributed by atoms with Crippen LogP contribution in [0.3, 0.4) is 0 Å². The Morgan fingerprint density at radius 1 is 1.25 bits per heavy atom. The van der Waals surface area contributed by atoms with Crippen LogP contribution in [0, 0.1) is 9.49 Å². The van der Waals surface area contributed by atoms with Gasteiger partial charge in [0.25, 0.3) is 0 Å². The van der Waals surface area contributed by atoms with E-state index in [2.05, 4.69) is 60.6 Å². The first-order valence-electron chi connectivity index (χ1n) is 7.28. The first-order chi connectivity index (χ1) is 9.49. The summed E-state index contributed by atoms with van der Waals surface area (Å²) < 4.78 is 6.38. The van der Waals surface area contributed by atoms with Crippen LogP contribution in [0.25, 0.3) is 0 Å². The van der Waals surface area contributed by atoms with Crippen molar-refractivity contribution in [2.24, 2.45) is 5.92 Å². The van der Waals surface area contributed by atoms with E-state index in [1.807, 2.05) is 0 Å². The zero-order valence-electron chi connectivity index (χ0n) is 13.2. The van der Waals surface area contributed by atoms with E-state index in [9.17, 15) is 0 Å². The molecule has 0 saturated carbocycles. The molecular weight excluding hydrogens is 365 g/mol. The lowest BCUT2D eigenvalue weighted by molar-refractivity contribution is 0.181. The molecule has 1 unspecified atom stereocenters. The van der Waals surface area contributed by atoms with Gasteiger partial charge in [-0.15, -0.1) is 0 Å². The highest BCUT2D eigenvalue weighted by molar-refractivity contribution is 14.1. The van der Waals surface area contributed by atoms with E-state index in [1.54, 1.807) is 7.11 Å². The minimum absolute atomic E-state index is 0.213. The van der Waals surface area contributed by atoms with Crippen molar-refractivity contribution in [3.8, 4) is 0 Å². The number of methoxy groups -OCH3 is 1. The number of anilines is 1. The molecule has 1 N–H and O–H groups in total. The predicted octanol–water partition coefficient (Wildman–Crippen LogP) is 3.85. The highest BCUT2D eigenvalue weighted by Crippen LogP contribution is 2.24. The van der Waals surface area contributed by atoms with Gasteiger partial charge in [-0.25, -0.2) is 9.97 Å². The molecule has 1 aromatic rings. The van der Waals surface area contributed by atoms with Crippen molar-refractivity contribution in [2.75, 3.05) is 25.6 Å². The first kappa shape index (κ1) is 17.6. The smallest absolute Gasteiger partial charge is 0.143 e. The third kappa shape index (κ3) is 5.16. The SMILES string of the molecule is CCCNc1nc(C(C)COC)nc(CC(C)C)c1I. The lowest BCUT2D eigenvalue weighted by Gasteiger charge is -2.16. The van der Waals surface area contributed by atoms with Crippen molar-refractivity contribution in [1.82, 2.24) is 9.97 Å². The van der Waals surface area contributed by atoms with Crippen LogP contribution < -0.4 is 5.32 Å². The molecule has 0 spiro atoms. The van der Waals surface area contributed by atoms with Crippen molar-refractivity contribution in [3.63, 3.8) is 0 Å². The molecule has 0 amide bonds. The molecule has 114 valence electrons. The normalized spacial score (nSPS) is 12.8. The molecule has 0 aromatic carbocycles. The number of ether oxygens (including phenoxy) is 1. The van der Waals surface area contributed by atoms with Crippen LogP contribution in [0.5, 0.6) is 0 Å². The number of rotatable bonds is 8. The molecule has 1 aromatic heterocycles. The Morgan fingerprint density at radius 2 is 1.95 bits per heavy atom. The van der Waals surface area contributed by atoms with Crippen molar-refractivity contribution in [2.45, 2.75) is 46.5 Å². The second kappa shape index (κ2) is 8.77. The van der Waals surface area contributed by atoms with E-state index in [0.717, 1.165) is 40.3 Å². The Bertz CT molecular complexity index is 424. The second-order valence-corrected chi connectivity index (χ2v) is 6.65. The second-order valence-electron chi connectivity index (χ2n) is 5.57. The average molecular weight is 391 g/mol. The molecule has 0 aliphatic carbocycles. The molecule has 0 radical (unpaired) electrons. The summed E-state index contributed by atoms with van der Waals surface area (Å²) in [7, 11) is 1.72. The van der Waals surface area contributed by atoms with Crippen molar-refractivity contribution >= 4 is 28.4 Å². The third-order valence-electron chi connectivity index (χ3n) is 2.94. The minimum atomic E-state index is 0.213. The van der Waals surface area contributed by atoms with Gasteiger partial charge in [0.2, 0.25) is 0 Å². The predicted molar refractivity (Wildman–Crippen MR) is 92.4 cm³/mol. The van der Waals surface area contributed by atoms with Crippen LogP contribution in [0.4, 0.5) is 5.82 Å². The van der Waals surface area contributed by atoms with Crippen LogP contribution in [0.15, 0.2) is 0 Å². The van der Waals surface area contributed by atoms with Gasteiger partial charge in [-0.2, -0.15) is 0 Å². The Morgan fingerprint density at radius 3 is 2.50 bits per heavy atom. The van der Waals surface area contributed by atoms with E-state index in [-0.39, 0.29) is 5.92 Å². The topological polar surface area (TPSA) is 47.0 Å².